The molecule has 0 amide bonds. The Kier molecular flexibility index (Phi) is 2.41. The highest BCUT2D eigenvalue weighted by atomic mass is 16.3. The molecule has 1 spiro atoms. The van der Waals surface area contributed by atoms with Gasteiger partial charge < -0.3 is 5.11 Å². The van der Waals surface area contributed by atoms with Gasteiger partial charge in [-0.25, -0.2) is 0 Å². The molecule has 2 aliphatic rings. The average Bonchev–Trinajstić information content (AvgIpc) is 2.15. The Labute approximate surface area is 79.3 Å². The minimum absolute atomic E-state index is 0.309. The van der Waals surface area contributed by atoms with Crippen LogP contribution in [0, 0.1) is 5.41 Å². The fourth-order valence-corrected chi connectivity index (χ4v) is 2.95. The van der Waals surface area contributed by atoms with Gasteiger partial charge in [-0.15, -0.1) is 0 Å². The molecule has 2 saturated carbocycles. The molecule has 0 unspecified atom stereocenters. The highest BCUT2D eigenvalue weighted by molar-refractivity contribution is 5.86. The lowest BCUT2D eigenvalue weighted by atomic mass is 9.63. The van der Waals surface area contributed by atoms with Crippen LogP contribution in [0.5, 0.6) is 0 Å². The SMILES string of the molecule is O=C1CCCC[C@@]12CCCC[C@@H]2O. The van der Waals surface area contributed by atoms with Crippen molar-refractivity contribution < 1.29 is 9.90 Å². The Hall–Kier alpha value is -0.370. The van der Waals surface area contributed by atoms with Gasteiger partial charge in [0, 0.05) is 6.42 Å². The van der Waals surface area contributed by atoms with E-state index in [9.17, 15) is 9.90 Å². The van der Waals surface area contributed by atoms with Crippen LogP contribution in [0.2, 0.25) is 0 Å². The van der Waals surface area contributed by atoms with Gasteiger partial charge in [-0.05, 0) is 25.7 Å². The third kappa shape index (κ3) is 1.41. The molecule has 13 heavy (non-hydrogen) atoms. The Balaban J connectivity index is 2.18. The summed E-state index contributed by atoms with van der Waals surface area (Å²) in [5.74, 6) is 0.339. The summed E-state index contributed by atoms with van der Waals surface area (Å²) >= 11 is 0. The lowest BCUT2D eigenvalue weighted by Crippen LogP contribution is -2.46. The molecule has 2 fully saturated rings. The summed E-state index contributed by atoms with van der Waals surface area (Å²) in [6.45, 7) is 0. The van der Waals surface area contributed by atoms with Crippen molar-refractivity contribution in [3.8, 4) is 0 Å². The van der Waals surface area contributed by atoms with E-state index in [0.29, 0.717) is 12.2 Å². The molecule has 0 heterocycles. The molecule has 0 saturated heterocycles. The highest BCUT2D eigenvalue weighted by Crippen LogP contribution is 2.45. The molecule has 1 N–H and O–H groups in total. The number of ketones is 1. The van der Waals surface area contributed by atoms with Crippen molar-refractivity contribution in [3.63, 3.8) is 0 Å². The average molecular weight is 182 g/mol. The first-order valence-electron chi connectivity index (χ1n) is 5.47. The number of Topliss-reactive ketones (excluding diaryl/α,β-unsaturated/α-hetero) is 1. The van der Waals surface area contributed by atoms with E-state index in [-0.39, 0.29) is 11.5 Å². The van der Waals surface area contributed by atoms with Crippen molar-refractivity contribution in [1.29, 1.82) is 0 Å². The van der Waals surface area contributed by atoms with Gasteiger partial charge in [-0.2, -0.15) is 0 Å². The van der Waals surface area contributed by atoms with E-state index >= 15 is 0 Å². The van der Waals surface area contributed by atoms with E-state index in [1.54, 1.807) is 0 Å². The summed E-state index contributed by atoms with van der Waals surface area (Å²) in [4.78, 5) is 11.8. The van der Waals surface area contributed by atoms with Gasteiger partial charge in [-0.3, -0.25) is 4.79 Å². The van der Waals surface area contributed by atoms with Gasteiger partial charge in [0.25, 0.3) is 0 Å². The standard InChI is InChI=1S/C11H18O2/c12-9-5-1-3-7-11(9)8-4-2-6-10(11)13/h9,12H,1-8H2/t9-,11+/m0/s1. The second-order valence-electron chi connectivity index (χ2n) is 4.55. The maximum Gasteiger partial charge on any atom is 0.141 e. The fraction of sp³-hybridized carbons (Fsp3) is 0.909. The smallest absolute Gasteiger partial charge is 0.141 e. The van der Waals surface area contributed by atoms with Gasteiger partial charge in [0.2, 0.25) is 0 Å². The number of aliphatic hydroxyl groups excluding tert-OH is 1. The predicted octanol–water partition coefficient (Wildman–Crippen LogP) is 2.05. The van der Waals surface area contributed by atoms with E-state index in [4.69, 9.17) is 0 Å². The number of aliphatic hydroxyl groups is 1. The molecule has 2 nitrogen and oxygen atoms in total. The third-order valence-corrected chi connectivity index (χ3v) is 3.82. The zero-order valence-corrected chi connectivity index (χ0v) is 8.09. The summed E-state index contributed by atoms with van der Waals surface area (Å²) in [5, 5.41) is 9.93. The molecule has 0 aromatic heterocycles. The zero-order chi connectivity index (χ0) is 9.31. The minimum Gasteiger partial charge on any atom is -0.392 e. The van der Waals surface area contributed by atoms with Crippen LogP contribution >= 0.6 is 0 Å². The summed E-state index contributed by atoms with van der Waals surface area (Å²) in [5.41, 5.74) is -0.309. The van der Waals surface area contributed by atoms with Gasteiger partial charge in [-0.1, -0.05) is 19.3 Å². The lowest BCUT2D eigenvalue weighted by molar-refractivity contribution is -0.143. The van der Waals surface area contributed by atoms with Gasteiger partial charge in [0.05, 0.1) is 11.5 Å². The monoisotopic (exact) mass is 182 g/mol. The Morgan fingerprint density at radius 3 is 2.54 bits per heavy atom. The summed E-state index contributed by atoms with van der Waals surface area (Å²) < 4.78 is 0. The number of carbonyl (C=O) groups excluding carboxylic acids is 1. The van der Waals surface area contributed by atoms with Crippen LogP contribution in [0.1, 0.15) is 51.4 Å². The lowest BCUT2D eigenvalue weighted by Gasteiger charge is -2.42. The minimum atomic E-state index is -0.339. The van der Waals surface area contributed by atoms with Crippen LogP contribution in [0.3, 0.4) is 0 Å². The second kappa shape index (κ2) is 3.41. The molecule has 2 atom stereocenters. The van der Waals surface area contributed by atoms with Gasteiger partial charge >= 0.3 is 0 Å². The maximum atomic E-state index is 11.8. The fourth-order valence-electron chi connectivity index (χ4n) is 2.95. The molecule has 74 valence electrons. The van der Waals surface area contributed by atoms with E-state index in [1.807, 2.05) is 0 Å². The van der Waals surface area contributed by atoms with E-state index < -0.39 is 0 Å². The normalized spacial score (nSPS) is 41.0. The van der Waals surface area contributed by atoms with Crippen molar-refractivity contribution in [2.24, 2.45) is 5.41 Å². The quantitative estimate of drug-likeness (QED) is 0.622. The topological polar surface area (TPSA) is 37.3 Å². The zero-order valence-electron chi connectivity index (χ0n) is 8.09. The van der Waals surface area contributed by atoms with Crippen LogP contribution < -0.4 is 0 Å². The highest BCUT2D eigenvalue weighted by Gasteiger charge is 2.46. The first-order chi connectivity index (χ1) is 6.26. The van der Waals surface area contributed by atoms with Gasteiger partial charge in [0.15, 0.2) is 0 Å². The van der Waals surface area contributed by atoms with Crippen molar-refractivity contribution in [1.82, 2.24) is 0 Å². The van der Waals surface area contributed by atoms with E-state index in [1.165, 1.54) is 0 Å². The number of rotatable bonds is 0. The number of hydrogen-bond acceptors (Lipinski definition) is 2. The third-order valence-electron chi connectivity index (χ3n) is 3.82. The van der Waals surface area contributed by atoms with Gasteiger partial charge in [0.1, 0.15) is 5.78 Å². The van der Waals surface area contributed by atoms with Crippen molar-refractivity contribution in [2.45, 2.75) is 57.5 Å². The molecular weight excluding hydrogens is 164 g/mol. The Morgan fingerprint density at radius 1 is 1.15 bits per heavy atom. The summed E-state index contributed by atoms with van der Waals surface area (Å²) in [7, 11) is 0. The summed E-state index contributed by atoms with van der Waals surface area (Å²) in [6.07, 6.45) is 7.46. The van der Waals surface area contributed by atoms with Crippen LogP contribution in [-0.2, 0) is 4.79 Å². The number of carbonyl (C=O) groups is 1. The first-order valence-corrected chi connectivity index (χ1v) is 5.47. The predicted molar refractivity (Wildman–Crippen MR) is 50.4 cm³/mol. The maximum absolute atomic E-state index is 11.8. The molecule has 0 bridgehead atoms. The Bertz CT molecular complexity index is 206. The van der Waals surface area contributed by atoms with Crippen LogP contribution in [-0.4, -0.2) is 17.0 Å². The Morgan fingerprint density at radius 2 is 1.85 bits per heavy atom. The van der Waals surface area contributed by atoms with Crippen LogP contribution in [0.25, 0.3) is 0 Å². The van der Waals surface area contributed by atoms with E-state index in [0.717, 1.165) is 44.9 Å². The largest absolute Gasteiger partial charge is 0.392 e. The van der Waals surface area contributed by atoms with Crippen LogP contribution in [0.4, 0.5) is 0 Å². The van der Waals surface area contributed by atoms with Crippen LogP contribution in [0.15, 0.2) is 0 Å². The first kappa shape index (κ1) is 9.20. The van der Waals surface area contributed by atoms with Crippen molar-refractivity contribution in [2.75, 3.05) is 0 Å². The molecule has 0 aromatic carbocycles. The molecule has 2 rings (SSSR count). The summed E-state index contributed by atoms with van der Waals surface area (Å²) in [6, 6.07) is 0. The molecule has 2 heteroatoms. The molecule has 0 aromatic rings. The molecule has 0 aliphatic heterocycles. The molecule has 2 aliphatic carbocycles. The van der Waals surface area contributed by atoms with Crippen molar-refractivity contribution in [3.05, 3.63) is 0 Å². The van der Waals surface area contributed by atoms with E-state index in [2.05, 4.69) is 0 Å². The molecular formula is C11H18O2. The molecule has 0 radical (unpaired) electrons. The second-order valence-corrected chi connectivity index (χ2v) is 4.55. The van der Waals surface area contributed by atoms with Crippen molar-refractivity contribution >= 4 is 5.78 Å². The number of hydrogen-bond donors (Lipinski definition) is 1.